The summed E-state index contributed by atoms with van der Waals surface area (Å²) >= 11 is 0. The van der Waals surface area contributed by atoms with Crippen molar-refractivity contribution >= 4 is 0 Å². The second-order valence-electron chi connectivity index (χ2n) is 14.4. The van der Waals surface area contributed by atoms with Crippen LogP contribution in [-0.4, -0.2) is 15.0 Å². The van der Waals surface area contributed by atoms with Crippen molar-refractivity contribution in [2.75, 3.05) is 0 Å². The van der Waals surface area contributed by atoms with Gasteiger partial charge in [0.25, 0.3) is 0 Å². The number of fused-ring (bicyclic) bond motifs is 9. The van der Waals surface area contributed by atoms with Gasteiger partial charge in [-0.05, 0) is 61.7 Å². The van der Waals surface area contributed by atoms with E-state index in [2.05, 4.69) is 153 Å². The van der Waals surface area contributed by atoms with Crippen LogP contribution in [0.2, 0.25) is 0 Å². The van der Waals surface area contributed by atoms with Crippen LogP contribution in [0.1, 0.15) is 47.2 Å². The molecule has 1 aromatic heterocycles. The monoisotopic (exact) mass is 665 g/mol. The van der Waals surface area contributed by atoms with Crippen molar-refractivity contribution in [3.05, 3.63) is 209 Å². The van der Waals surface area contributed by atoms with E-state index in [0.29, 0.717) is 17.5 Å². The van der Waals surface area contributed by atoms with Gasteiger partial charge in [-0.2, -0.15) is 0 Å². The number of nitrogens with zero attached hydrogens (tertiary/aromatic N) is 3. The third-order valence-corrected chi connectivity index (χ3v) is 11.2. The summed E-state index contributed by atoms with van der Waals surface area (Å²) < 4.78 is 0. The lowest BCUT2D eigenvalue weighted by molar-refractivity contribution is 0.565. The summed E-state index contributed by atoms with van der Waals surface area (Å²) in [6, 6.07) is 63.1. The Hall–Kier alpha value is -6.45. The summed E-state index contributed by atoms with van der Waals surface area (Å²) in [6.07, 6.45) is 0. The first-order chi connectivity index (χ1) is 25.5. The minimum atomic E-state index is -0.439. The van der Waals surface area contributed by atoms with E-state index in [1.54, 1.807) is 0 Å². The molecule has 1 heterocycles. The van der Waals surface area contributed by atoms with E-state index >= 15 is 0 Å². The maximum atomic E-state index is 5.07. The summed E-state index contributed by atoms with van der Waals surface area (Å²) in [4.78, 5) is 15.1. The molecule has 0 atom stereocenters. The van der Waals surface area contributed by atoms with Crippen LogP contribution in [0.5, 0.6) is 0 Å². The molecule has 52 heavy (non-hydrogen) atoms. The number of hydrogen-bond donors (Lipinski definition) is 0. The maximum Gasteiger partial charge on any atom is 0.164 e. The Morgan fingerprint density at radius 3 is 1.33 bits per heavy atom. The van der Waals surface area contributed by atoms with Crippen molar-refractivity contribution in [1.82, 2.24) is 15.0 Å². The molecule has 0 saturated carbocycles. The molecule has 2 aliphatic rings. The van der Waals surface area contributed by atoms with Crippen LogP contribution in [0.4, 0.5) is 0 Å². The van der Waals surface area contributed by atoms with Crippen LogP contribution in [0.25, 0.3) is 56.4 Å². The molecule has 0 N–H and O–H groups in total. The van der Waals surface area contributed by atoms with Gasteiger partial charge < -0.3 is 0 Å². The van der Waals surface area contributed by atoms with Gasteiger partial charge in [0.15, 0.2) is 17.5 Å². The molecule has 0 unspecified atom stereocenters. The third-order valence-electron chi connectivity index (χ3n) is 11.2. The molecule has 7 aromatic carbocycles. The van der Waals surface area contributed by atoms with Crippen molar-refractivity contribution in [2.45, 2.75) is 24.7 Å². The molecule has 8 aromatic rings. The second-order valence-corrected chi connectivity index (χ2v) is 14.4. The highest BCUT2D eigenvalue weighted by Crippen LogP contribution is 2.63. The number of aromatic nitrogens is 3. The van der Waals surface area contributed by atoms with Crippen LogP contribution < -0.4 is 0 Å². The van der Waals surface area contributed by atoms with Gasteiger partial charge in [-0.25, -0.2) is 15.0 Å². The Kier molecular flexibility index (Phi) is 6.74. The van der Waals surface area contributed by atoms with E-state index in [0.717, 1.165) is 22.3 Å². The third kappa shape index (κ3) is 4.36. The van der Waals surface area contributed by atoms with E-state index < -0.39 is 5.41 Å². The van der Waals surface area contributed by atoms with Crippen LogP contribution in [-0.2, 0) is 10.8 Å². The van der Waals surface area contributed by atoms with Gasteiger partial charge in [0.05, 0.1) is 5.41 Å². The molecule has 3 nitrogen and oxygen atoms in total. The van der Waals surface area contributed by atoms with E-state index in [1.807, 2.05) is 36.4 Å². The molecule has 10 rings (SSSR count). The zero-order valence-corrected chi connectivity index (χ0v) is 29.1. The summed E-state index contributed by atoms with van der Waals surface area (Å²) in [7, 11) is 0. The van der Waals surface area contributed by atoms with Gasteiger partial charge in [0.1, 0.15) is 0 Å². The first-order valence-corrected chi connectivity index (χ1v) is 18.0. The second kappa shape index (κ2) is 11.5. The molecule has 1 spiro atoms. The summed E-state index contributed by atoms with van der Waals surface area (Å²) in [5.74, 6) is 1.97. The van der Waals surface area contributed by atoms with Crippen LogP contribution in [0, 0.1) is 0 Å². The summed E-state index contributed by atoms with van der Waals surface area (Å²) in [6.45, 7) is 4.78. The molecule has 0 aliphatic heterocycles. The highest BCUT2D eigenvalue weighted by Gasteiger charge is 2.53. The molecule has 0 radical (unpaired) electrons. The van der Waals surface area contributed by atoms with Gasteiger partial charge in [-0.3, -0.25) is 0 Å². The highest BCUT2D eigenvalue weighted by molar-refractivity contribution is 5.90. The smallest absolute Gasteiger partial charge is 0.164 e. The average Bonchev–Trinajstić information content (AvgIpc) is 3.51. The van der Waals surface area contributed by atoms with Crippen LogP contribution >= 0.6 is 0 Å². The molecule has 2 aliphatic carbocycles. The van der Waals surface area contributed by atoms with E-state index in [4.69, 9.17) is 15.0 Å². The van der Waals surface area contributed by atoms with Crippen molar-refractivity contribution in [1.29, 1.82) is 0 Å². The predicted molar refractivity (Wildman–Crippen MR) is 211 cm³/mol. The normalized spacial score (nSPS) is 14.3. The zero-order valence-electron chi connectivity index (χ0n) is 29.1. The fourth-order valence-corrected chi connectivity index (χ4v) is 8.99. The maximum absolute atomic E-state index is 5.07. The molecule has 246 valence electrons. The fraction of sp³-hybridized carbons (Fsp3) is 0.0816. The standard InChI is InChI=1S/C49H35N3/c1-48(2)41-28-13-14-29-42(41)49(39-26-11-9-23-37(39)38-24-10-12-27-40(38)49)43-30-16-25-36(44(43)48)34-21-15-22-35(31-34)47-51-45(32-17-5-3-6-18-32)50-46(52-47)33-19-7-4-8-20-33/h3-31H,1-2H3. The zero-order chi connectivity index (χ0) is 34.9. The van der Waals surface area contributed by atoms with Gasteiger partial charge in [-0.15, -0.1) is 0 Å². The fourth-order valence-electron chi connectivity index (χ4n) is 8.99. The summed E-state index contributed by atoms with van der Waals surface area (Å²) in [5, 5.41) is 0. The van der Waals surface area contributed by atoms with Crippen LogP contribution in [0.3, 0.4) is 0 Å². The Morgan fingerprint density at radius 1 is 0.327 bits per heavy atom. The number of hydrogen-bond acceptors (Lipinski definition) is 3. The molecule has 3 heteroatoms. The minimum absolute atomic E-state index is 0.273. The molecular weight excluding hydrogens is 631 g/mol. The van der Waals surface area contributed by atoms with E-state index in [1.165, 1.54) is 50.1 Å². The van der Waals surface area contributed by atoms with Gasteiger partial charge >= 0.3 is 0 Å². The Balaban J connectivity index is 1.21. The van der Waals surface area contributed by atoms with E-state index in [-0.39, 0.29) is 5.41 Å². The molecule has 0 amide bonds. The van der Waals surface area contributed by atoms with Gasteiger partial charge in [-0.1, -0.05) is 184 Å². The van der Waals surface area contributed by atoms with Crippen molar-refractivity contribution in [3.8, 4) is 56.4 Å². The lowest BCUT2D eigenvalue weighted by Crippen LogP contribution is -2.41. The number of rotatable bonds is 4. The van der Waals surface area contributed by atoms with Crippen LogP contribution in [0.15, 0.2) is 176 Å². The number of benzene rings is 7. The lowest BCUT2D eigenvalue weighted by Gasteiger charge is -2.47. The Morgan fingerprint density at radius 2 is 0.731 bits per heavy atom. The van der Waals surface area contributed by atoms with Crippen molar-refractivity contribution < 1.29 is 0 Å². The largest absolute Gasteiger partial charge is 0.208 e. The lowest BCUT2D eigenvalue weighted by atomic mass is 9.54. The van der Waals surface area contributed by atoms with Crippen molar-refractivity contribution in [3.63, 3.8) is 0 Å². The Labute approximate surface area is 304 Å². The molecule has 0 bridgehead atoms. The quantitative estimate of drug-likeness (QED) is 0.188. The topological polar surface area (TPSA) is 38.7 Å². The van der Waals surface area contributed by atoms with Gasteiger partial charge in [0, 0.05) is 22.1 Å². The summed E-state index contributed by atoms with van der Waals surface area (Å²) in [5.41, 5.74) is 15.2. The van der Waals surface area contributed by atoms with Gasteiger partial charge in [0.2, 0.25) is 0 Å². The minimum Gasteiger partial charge on any atom is -0.208 e. The SMILES string of the molecule is CC1(C)c2ccccc2C2(c3ccccc3-c3ccccc32)c2cccc(-c3cccc(-c4nc(-c5ccccc5)nc(-c5ccccc5)n4)c3)c21. The first kappa shape index (κ1) is 30.4. The molecule has 0 saturated heterocycles. The van der Waals surface area contributed by atoms with Crippen molar-refractivity contribution in [2.24, 2.45) is 0 Å². The van der Waals surface area contributed by atoms with E-state index in [9.17, 15) is 0 Å². The predicted octanol–water partition coefficient (Wildman–Crippen LogP) is 11.5. The Bertz CT molecular complexity index is 2550. The average molecular weight is 666 g/mol. The highest BCUT2D eigenvalue weighted by atomic mass is 15.0. The first-order valence-electron chi connectivity index (χ1n) is 18.0. The molecule has 0 fully saturated rings. The molecular formula is C49H35N3.